The molecule has 0 aromatic heterocycles. The third kappa shape index (κ3) is 4.34. The molecule has 1 heterocycles. The van der Waals surface area contributed by atoms with Gasteiger partial charge in [0, 0.05) is 26.6 Å². The molecule has 0 unspecified atom stereocenters. The van der Waals surface area contributed by atoms with E-state index in [4.69, 9.17) is 10.5 Å². The summed E-state index contributed by atoms with van der Waals surface area (Å²) in [6, 6.07) is 0. The van der Waals surface area contributed by atoms with Crippen LogP contribution >= 0.6 is 12.4 Å². The van der Waals surface area contributed by atoms with E-state index in [1.807, 2.05) is 4.90 Å². The van der Waals surface area contributed by atoms with E-state index in [1.54, 1.807) is 7.11 Å². The van der Waals surface area contributed by atoms with Crippen LogP contribution in [0.15, 0.2) is 0 Å². The second-order valence-corrected chi connectivity index (χ2v) is 6.26. The van der Waals surface area contributed by atoms with Crippen LogP contribution in [0.25, 0.3) is 0 Å². The summed E-state index contributed by atoms with van der Waals surface area (Å²) in [7, 11) is 1.76. The van der Waals surface area contributed by atoms with Gasteiger partial charge in [0.15, 0.2) is 0 Å². The first-order valence-corrected chi connectivity index (χ1v) is 7.70. The highest BCUT2D eigenvalue weighted by atomic mass is 35.5. The summed E-state index contributed by atoms with van der Waals surface area (Å²) in [5.74, 6) is 0.307. The number of hydrogen-bond donors (Lipinski definition) is 1. The zero-order chi connectivity index (χ0) is 13.7. The minimum atomic E-state index is 0. The maximum absolute atomic E-state index is 12.5. The van der Waals surface area contributed by atoms with Gasteiger partial charge in [-0.1, -0.05) is 19.3 Å². The van der Waals surface area contributed by atoms with E-state index in [-0.39, 0.29) is 17.8 Å². The zero-order valence-electron chi connectivity index (χ0n) is 12.6. The number of ether oxygens (including phenoxy) is 1. The van der Waals surface area contributed by atoms with Gasteiger partial charge in [0.2, 0.25) is 5.91 Å². The molecule has 0 aromatic carbocycles. The van der Waals surface area contributed by atoms with E-state index >= 15 is 0 Å². The number of methoxy groups -OCH3 is 1. The molecule has 118 valence electrons. The first kappa shape index (κ1) is 17.7. The van der Waals surface area contributed by atoms with Gasteiger partial charge in [0.25, 0.3) is 0 Å². The molecule has 1 amide bonds. The van der Waals surface area contributed by atoms with Crippen molar-refractivity contribution in [2.75, 3.05) is 26.7 Å². The molecule has 2 aliphatic rings. The third-order valence-corrected chi connectivity index (χ3v) is 5.00. The van der Waals surface area contributed by atoms with Crippen molar-refractivity contribution in [1.82, 2.24) is 4.90 Å². The van der Waals surface area contributed by atoms with Crippen molar-refractivity contribution < 1.29 is 9.53 Å². The number of carbonyl (C=O) groups excluding carboxylic acids is 1. The summed E-state index contributed by atoms with van der Waals surface area (Å²) >= 11 is 0. The summed E-state index contributed by atoms with van der Waals surface area (Å²) in [6.07, 6.45) is 8.95. The Balaban J connectivity index is 0.00000200. The lowest BCUT2D eigenvalue weighted by molar-refractivity contribution is -0.136. The van der Waals surface area contributed by atoms with Crippen molar-refractivity contribution in [2.24, 2.45) is 11.1 Å². The fourth-order valence-electron chi connectivity index (χ4n) is 3.53. The molecule has 2 N–H and O–H groups in total. The van der Waals surface area contributed by atoms with Crippen LogP contribution in [0.3, 0.4) is 0 Å². The van der Waals surface area contributed by atoms with Crippen LogP contribution in [0, 0.1) is 5.41 Å². The first-order valence-electron chi connectivity index (χ1n) is 7.70. The Morgan fingerprint density at radius 1 is 1.25 bits per heavy atom. The van der Waals surface area contributed by atoms with Crippen molar-refractivity contribution in [1.29, 1.82) is 0 Å². The number of nitrogens with two attached hydrogens (primary N) is 1. The van der Waals surface area contributed by atoms with Gasteiger partial charge < -0.3 is 15.4 Å². The number of nitrogens with zero attached hydrogens (tertiary/aromatic N) is 1. The zero-order valence-corrected chi connectivity index (χ0v) is 13.4. The van der Waals surface area contributed by atoms with Crippen molar-refractivity contribution in [3.8, 4) is 0 Å². The van der Waals surface area contributed by atoms with Crippen LogP contribution in [-0.4, -0.2) is 43.7 Å². The molecule has 0 aromatic rings. The van der Waals surface area contributed by atoms with E-state index in [9.17, 15) is 4.79 Å². The molecule has 1 aliphatic carbocycles. The second kappa shape index (κ2) is 8.20. The molecule has 2 fully saturated rings. The predicted octanol–water partition coefficient (Wildman–Crippen LogP) is 2.34. The Bertz CT molecular complexity index is 298. The fourth-order valence-corrected chi connectivity index (χ4v) is 3.53. The Hall–Kier alpha value is -0.320. The average molecular weight is 305 g/mol. The standard InChI is InChI=1S/C15H28N2O2.ClH/c1-19-13-5-9-17(10-6-13)14(18)11-15(12-16)7-3-2-4-8-15;/h13H,2-12,16H2,1H3;1H. The highest BCUT2D eigenvalue weighted by molar-refractivity contribution is 5.85. The predicted molar refractivity (Wildman–Crippen MR) is 83.0 cm³/mol. The van der Waals surface area contributed by atoms with E-state index in [2.05, 4.69) is 0 Å². The van der Waals surface area contributed by atoms with Gasteiger partial charge in [-0.3, -0.25) is 4.79 Å². The van der Waals surface area contributed by atoms with Gasteiger partial charge in [-0.25, -0.2) is 0 Å². The SMILES string of the molecule is COC1CCN(C(=O)CC2(CN)CCCCC2)CC1.Cl. The smallest absolute Gasteiger partial charge is 0.223 e. The normalized spacial score (nSPS) is 23.2. The van der Waals surface area contributed by atoms with E-state index in [1.165, 1.54) is 19.3 Å². The summed E-state index contributed by atoms with van der Waals surface area (Å²) in [5.41, 5.74) is 6.06. The Kier molecular flexibility index (Phi) is 7.27. The lowest BCUT2D eigenvalue weighted by atomic mass is 9.71. The number of rotatable bonds is 4. The first-order chi connectivity index (χ1) is 9.19. The molecule has 0 radical (unpaired) electrons. The monoisotopic (exact) mass is 304 g/mol. The van der Waals surface area contributed by atoms with Crippen molar-refractivity contribution in [3.05, 3.63) is 0 Å². The molecular weight excluding hydrogens is 276 g/mol. The highest BCUT2D eigenvalue weighted by Crippen LogP contribution is 2.39. The van der Waals surface area contributed by atoms with E-state index < -0.39 is 0 Å². The van der Waals surface area contributed by atoms with Crippen molar-refractivity contribution in [2.45, 2.75) is 57.5 Å². The summed E-state index contributed by atoms with van der Waals surface area (Å²) in [6.45, 7) is 2.35. The van der Waals surface area contributed by atoms with E-state index in [0.717, 1.165) is 38.8 Å². The maximum Gasteiger partial charge on any atom is 0.223 e. The van der Waals surface area contributed by atoms with Crippen LogP contribution in [-0.2, 0) is 9.53 Å². The molecule has 20 heavy (non-hydrogen) atoms. The Morgan fingerprint density at radius 2 is 1.85 bits per heavy atom. The molecular formula is C15H29ClN2O2. The number of amides is 1. The lowest BCUT2D eigenvalue weighted by Crippen LogP contribution is -2.44. The molecule has 0 spiro atoms. The van der Waals surface area contributed by atoms with Crippen LogP contribution in [0.4, 0.5) is 0 Å². The van der Waals surface area contributed by atoms with Gasteiger partial charge >= 0.3 is 0 Å². The average Bonchev–Trinajstić information content (AvgIpc) is 2.48. The minimum Gasteiger partial charge on any atom is -0.381 e. The molecule has 2 rings (SSSR count). The molecule has 4 nitrogen and oxygen atoms in total. The van der Waals surface area contributed by atoms with Gasteiger partial charge in [0.05, 0.1) is 6.10 Å². The van der Waals surface area contributed by atoms with Crippen molar-refractivity contribution >= 4 is 18.3 Å². The molecule has 0 atom stereocenters. The summed E-state index contributed by atoms with van der Waals surface area (Å²) in [5, 5.41) is 0. The molecule has 0 bridgehead atoms. The van der Waals surface area contributed by atoms with Crippen molar-refractivity contribution in [3.63, 3.8) is 0 Å². The number of likely N-dealkylation sites (tertiary alicyclic amines) is 1. The van der Waals surface area contributed by atoms with Crippen LogP contribution < -0.4 is 5.73 Å². The van der Waals surface area contributed by atoms with Crippen LogP contribution in [0.1, 0.15) is 51.4 Å². The summed E-state index contributed by atoms with van der Waals surface area (Å²) < 4.78 is 5.35. The molecule has 1 aliphatic heterocycles. The number of hydrogen-bond acceptors (Lipinski definition) is 3. The van der Waals surface area contributed by atoms with Gasteiger partial charge in [-0.05, 0) is 37.6 Å². The minimum absolute atomic E-state index is 0. The second-order valence-electron chi connectivity index (χ2n) is 6.26. The van der Waals surface area contributed by atoms with Gasteiger partial charge in [-0.2, -0.15) is 0 Å². The topological polar surface area (TPSA) is 55.6 Å². The Morgan fingerprint density at radius 3 is 2.35 bits per heavy atom. The number of halogens is 1. The Labute approximate surface area is 128 Å². The van der Waals surface area contributed by atoms with E-state index in [0.29, 0.717) is 25.0 Å². The van der Waals surface area contributed by atoms with Gasteiger partial charge in [-0.15, -0.1) is 12.4 Å². The molecule has 5 heteroatoms. The quantitative estimate of drug-likeness (QED) is 0.867. The fraction of sp³-hybridized carbons (Fsp3) is 0.933. The maximum atomic E-state index is 12.5. The van der Waals surface area contributed by atoms with Gasteiger partial charge in [0.1, 0.15) is 0 Å². The largest absolute Gasteiger partial charge is 0.381 e. The summed E-state index contributed by atoms with van der Waals surface area (Å²) in [4.78, 5) is 14.5. The number of carbonyl (C=O) groups is 1. The van der Waals surface area contributed by atoms with Crippen LogP contribution in [0.5, 0.6) is 0 Å². The molecule has 1 saturated heterocycles. The number of piperidine rings is 1. The highest BCUT2D eigenvalue weighted by Gasteiger charge is 2.35. The van der Waals surface area contributed by atoms with Crippen LogP contribution in [0.2, 0.25) is 0 Å². The third-order valence-electron chi connectivity index (χ3n) is 5.00. The lowest BCUT2D eigenvalue weighted by Gasteiger charge is -2.38. The molecule has 1 saturated carbocycles.